The maximum absolute atomic E-state index is 11.5. The van der Waals surface area contributed by atoms with E-state index in [1.165, 1.54) is 0 Å². The van der Waals surface area contributed by atoms with Crippen molar-refractivity contribution in [1.29, 1.82) is 0 Å². The van der Waals surface area contributed by atoms with E-state index in [-0.39, 0.29) is 24.9 Å². The molecule has 5 N–H and O–H groups in total. The van der Waals surface area contributed by atoms with Gasteiger partial charge in [-0.1, -0.05) is 0 Å². The van der Waals surface area contributed by atoms with Gasteiger partial charge < -0.3 is 20.9 Å². The number of anilines is 1. The smallest absolute Gasteiger partial charge is 0.288 e. The number of hydrogen-bond acceptors (Lipinski definition) is 6. The lowest BCUT2D eigenvalue weighted by molar-refractivity contribution is 0.0263. The highest BCUT2D eigenvalue weighted by Crippen LogP contribution is 2.16. The van der Waals surface area contributed by atoms with Gasteiger partial charge in [0.25, 0.3) is 5.91 Å². The molecule has 1 saturated heterocycles. The Kier molecular flexibility index (Phi) is 2.75. The fourth-order valence-corrected chi connectivity index (χ4v) is 1.44. The van der Waals surface area contributed by atoms with E-state index in [0.717, 1.165) is 0 Å². The molecule has 1 unspecified atom stereocenters. The standard InChI is InChI=1S/C8H13N5O3/c9-7-11-5(12-13-7)6(14)10-3-8(15)1-2-16-4-8/h15H,1-4H2,(H,10,14)(H3,9,11,12,13). The number of nitrogen functional groups attached to an aromatic ring is 1. The summed E-state index contributed by atoms with van der Waals surface area (Å²) in [7, 11) is 0. The SMILES string of the molecule is Nc1n[nH]c(C(=O)NCC2(O)CCOC2)n1. The van der Waals surface area contributed by atoms with Crippen molar-refractivity contribution < 1.29 is 14.6 Å². The first kappa shape index (κ1) is 10.8. The number of aliphatic hydroxyl groups is 1. The summed E-state index contributed by atoms with van der Waals surface area (Å²) in [5.41, 5.74) is 4.27. The number of H-pyrrole nitrogens is 1. The summed E-state index contributed by atoms with van der Waals surface area (Å²) >= 11 is 0. The molecule has 2 heterocycles. The van der Waals surface area contributed by atoms with Crippen LogP contribution in [0.2, 0.25) is 0 Å². The quantitative estimate of drug-likeness (QED) is 0.486. The number of rotatable bonds is 3. The summed E-state index contributed by atoms with van der Waals surface area (Å²) in [5, 5.41) is 18.3. The van der Waals surface area contributed by atoms with Crippen molar-refractivity contribution in [2.75, 3.05) is 25.5 Å². The molecule has 0 saturated carbocycles. The third kappa shape index (κ3) is 2.28. The molecule has 0 spiro atoms. The Morgan fingerprint density at radius 2 is 2.56 bits per heavy atom. The fourth-order valence-electron chi connectivity index (χ4n) is 1.44. The Morgan fingerprint density at radius 3 is 3.12 bits per heavy atom. The second kappa shape index (κ2) is 4.06. The third-order valence-corrected chi connectivity index (χ3v) is 2.38. The van der Waals surface area contributed by atoms with Crippen LogP contribution in [-0.4, -0.2) is 51.6 Å². The number of nitrogens with two attached hydrogens (primary N) is 1. The van der Waals surface area contributed by atoms with Crippen LogP contribution >= 0.6 is 0 Å². The van der Waals surface area contributed by atoms with Gasteiger partial charge in [-0.15, -0.1) is 5.10 Å². The summed E-state index contributed by atoms with van der Waals surface area (Å²) in [5.74, 6) is -0.419. The highest BCUT2D eigenvalue weighted by atomic mass is 16.5. The van der Waals surface area contributed by atoms with Crippen molar-refractivity contribution in [2.24, 2.45) is 0 Å². The predicted octanol–water partition coefficient (Wildman–Crippen LogP) is -1.73. The minimum atomic E-state index is -0.985. The zero-order valence-corrected chi connectivity index (χ0v) is 8.56. The molecule has 0 bridgehead atoms. The summed E-state index contributed by atoms with van der Waals surface area (Å²) in [6.07, 6.45) is 0.506. The van der Waals surface area contributed by atoms with Crippen LogP contribution in [0, 0.1) is 0 Å². The molecule has 8 nitrogen and oxygen atoms in total. The Morgan fingerprint density at radius 1 is 1.75 bits per heavy atom. The number of carbonyl (C=O) groups is 1. The number of nitrogens with zero attached hydrogens (tertiary/aromatic N) is 2. The van der Waals surface area contributed by atoms with Gasteiger partial charge in [0.05, 0.1) is 6.61 Å². The zero-order chi connectivity index (χ0) is 11.6. The first-order valence-corrected chi connectivity index (χ1v) is 4.85. The number of hydrogen-bond donors (Lipinski definition) is 4. The second-order valence-electron chi connectivity index (χ2n) is 3.75. The monoisotopic (exact) mass is 227 g/mol. The number of carbonyl (C=O) groups excluding carboxylic acids is 1. The maximum Gasteiger partial charge on any atom is 0.288 e. The van der Waals surface area contributed by atoms with Gasteiger partial charge in [-0.25, -0.2) is 0 Å². The van der Waals surface area contributed by atoms with E-state index in [1.807, 2.05) is 0 Å². The molecule has 0 aromatic carbocycles. The van der Waals surface area contributed by atoms with Crippen LogP contribution in [-0.2, 0) is 4.74 Å². The highest BCUT2D eigenvalue weighted by Gasteiger charge is 2.32. The van der Waals surface area contributed by atoms with Gasteiger partial charge in [-0.05, 0) is 0 Å². The van der Waals surface area contributed by atoms with Crippen molar-refractivity contribution >= 4 is 11.9 Å². The summed E-state index contributed by atoms with van der Waals surface area (Å²) < 4.78 is 5.05. The van der Waals surface area contributed by atoms with Crippen molar-refractivity contribution in [3.63, 3.8) is 0 Å². The number of ether oxygens (including phenoxy) is 1. The zero-order valence-electron chi connectivity index (χ0n) is 8.56. The molecule has 1 aliphatic heterocycles. The molecular weight excluding hydrogens is 214 g/mol. The van der Waals surface area contributed by atoms with Gasteiger partial charge in [0, 0.05) is 19.6 Å². The maximum atomic E-state index is 11.5. The number of aromatic amines is 1. The number of amides is 1. The number of aromatic nitrogens is 3. The third-order valence-electron chi connectivity index (χ3n) is 2.38. The van der Waals surface area contributed by atoms with Gasteiger partial charge in [-0.3, -0.25) is 9.89 Å². The van der Waals surface area contributed by atoms with Crippen LogP contribution in [0.4, 0.5) is 5.95 Å². The molecule has 2 rings (SSSR count). The van der Waals surface area contributed by atoms with Gasteiger partial charge in [0.15, 0.2) is 0 Å². The molecule has 1 aromatic heterocycles. The fraction of sp³-hybridized carbons (Fsp3) is 0.625. The molecule has 8 heteroatoms. The second-order valence-corrected chi connectivity index (χ2v) is 3.75. The first-order chi connectivity index (χ1) is 7.59. The Labute approximate surface area is 91.2 Å². The molecule has 88 valence electrons. The van der Waals surface area contributed by atoms with Crippen molar-refractivity contribution in [2.45, 2.75) is 12.0 Å². The van der Waals surface area contributed by atoms with Crippen LogP contribution in [0.5, 0.6) is 0 Å². The predicted molar refractivity (Wildman–Crippen MR) is 53.5 cm³/mol. The van der Waals surface area contributed by atoms with E-state index >= 15 is 0 Å². The van der Waals surface area contributed by atoms with E-state index in [2.05, 4.69) is 20.5 Å². The molecule has 1 aliphatic rings. The first-order valence-electron chi connectivity index (χ1n) is 4.85. The topological polar surface area (TPSA) is 126 Å². The lowest BCUT2D eigenvalue weighted by Gasteiger charge is -2.19. The van der Waals surface area contributed by atoms with Gasteiger partial charge >= 0.3 is 0 Å². The van der Waals surface area contributed by atoms with Crippen LogP contribution in [0.15, 0.2) is 0 Å². The normalized spacial score (nSPS) is 24.6. The van der Waals surface area contributed by atoms with Gasteiger partial charge in [0.1, 0.15) is 5.60 Å². The van der Waals surface area contributed by atoms with E-state index in [0.29, 0.717) is 13.0 Å². The largest absolute Gasteiger partial charge is 0.386 e. The van der Waals surface area contributed by atoms with Crippen molar-refractivity contribution in [1.82, 2.24) is 20.5 Å². The average Bonchev–Trinajstić information content (AvgIpc) is 2.85. The molecule has 1 fully saturated rings. The van der Waals surface area contributed by atoms with E-state index in [9.17, 15) is 9.90 Å². The van der Waals surface area contributed by atoms with Crippen LogP contribution in [0.1, 0.15) is 17.0 Å². The summed E-state index contributed by atoms with van der Waals surface area (Å²) in [6.45, 7) is 0.847. The minimum absolute atomic E-state index is 0.00746. The van der Waals surface area contributed by atoms with Crippen LogP contribution < -0.4 is 11.1 Å². The van der Waals surface area contributed by atoms with E-state index < -0.39 is 11.5 Å². The lowest BCUT2D eigenvalue weighted by Crippen LogP contribution is -2.43. The Bertz CT molecular complexity index is 385. The summed E-state index contributed by atoms with van der Waals surface area (Å²) in [4.78, 5) is 15.2. The Balaban J connectivity index is 1.88. The van der Waals surface area contributed by atoms with Crippen molar-refractivity contribution in [3.05, 3.63) is 5.82 Å². The Hall–Kier alpha value is -1.67. The van der Waals surface area contributed by atoms with E-state index in [1.54, 1.807) is 0 Å². The lowest BCUT2D eigenvalue weighted by atomic mass is 10.0. The molecular formula is C8H13N5O3. The molecule has 1 atom stereocenters. The molecule has 0 radical (unpaired) electrons. The number of nitrogens with one attached hydrogen (secondary N) is 2. The highest BCUT2D eigenvalue weighted by molar-refractivity contribution is 5.90. The molecule has 1 amide bonds. The molecule has 1 aromatic rings. The van der Waals surface area contributed by atoms with Crippen LogP contribution in [0.3, 0.4) is 0 Å². The average molecular weight is 227 g/mol. The van der Waals surface area contributed by atoms with Crippen LogP contribution in [0.25, 0.3) is 0 Å². The van der Waals surface area contributed by atoms with E-state index in [4.69, 9.17) is 10.5 Å². The van der Waals surface area contributed by atoms with Crippen molar-refractivity contribution in [3.8, 4) is 0 Å². The van der Waals surface area contributed by atoms with Gasteiger partial charge in [0.2, 0.25) is 11.8 Å². The summed E-state index contributed by atoms with van der Waals surface area (Å²) in [6, 6.07) is 0. The van der Waals surface area contributed by atoms with Gasteiger partial charge in [-0.2, -0.15) is 4.98 Å². The molecule has 0 aliphatic carbocycles. The molecule has 16 heavy (non-hydrogen) atoms. The minimum Gasteiger partial charge on any atom is -0.386 e.